The standard InChI is InChI=1S/C19H25N5S/c1-24(2)14-17(16-11-7-4-8-12-16)18(22-23-19(25)21-20)13-15-9-5-3-6-10-15/h3-12,17H,13-14,20H2,1-2H3,(H2,21,23,25)/b22-18+. The largest absolute Gasteiger partial charge is 0.308 e. The van der Waals surface area contributed by atoms with Gasteiger partial charge in [-0.2, -0.15) is 5.10 Å². The summed E-state index contributed by atoms with van der Waals surface area (Å²) in [5, 5.41) is 4.87. The van der Waals surface area contributed by atoms with Crippen molar-refractivity contribution < 1.29 is 0 Å². The highest BCUT2D eigenvalue weighted by Crippen LogP contribution is 2.21. The second-order valence-electron chi connectivity index (χ2n) is 6.08. The average Bonchev–Trinajstić information content (AvgIpc) is 2.64. The third-order valence-electron chi connectivity index (χ3n) is 3.81. The first kappa shape index (κ1) is 19.1. The second-order valence-corrected chi connectivity index (χ2v) is 6.48. The highest BCUT2D eigenvalue weighted by Gasteiger charge is 2.20. The molecule has 0 aliphatic rings. The number of hydrogen-bond acceptors (Lipinski definition) is 4. The van der Waals surface area contributed by atoms with E-state index in [1.165, 1.54) is 11.1 Å². The van der Waals surface area contributed by atoms with Gasteiger partial charge < -0.3 is 4.90 Å². The molecule has 0 aliphatic carbocycles. The Bertz CT molecular complexity index is 685. The normalized spacial score (nSPS) is 12.7. The minimum absolute atomic E-state index is 0.143. The van der Waals surface area contributed by atoms with E-state index in [9.17, 15) is 0 Å². The molecule has 0 bridgehead atoms. The third-order valence-corrected chi connectivity index (χ3v) is 4.02. The van der Waals surface area contributed by atoms with Gasteiger partial charge in [0.1, 0.15) is 0 Å². The van der Waals surface area contributed by atoms with E-state index in [0.29, 0.717) is 5.11 Å². The Morgan fingerprint density at radius 1 is 1.08 bits per heavy atom. The van der Waals surface area contributed by atoms with E-state index in [1.54, 1.807) is 0 Å². The van der Waals surface area contributed by atoms with Gasteiger partial charge in [0.05, 0.1) is 5.71 Å². The van der Waals surface area contributed by atoms with E-state index in [2.05, 4.69) is 71.3 Å². The SMILES string of the molecule is CN(C)CC(/C(Cc1ccccc1)=N/NC(=S)NN)c1ccccc1. The van der Waals surface area contributed by atoms with Gasteiger partial charge in [0.2, 0.25) is 5.11 Å². The lowest BCUT2D eigenvalue weighted by molar-refractivity contribution is 0.401. The predicted molar refractivity (Wildman–Crippen MR) is 108 cm³/mol. The average molecular weight is 356 g/mol. The van der Waals surface area contributed by atoms with Crippen molar-refractivity contribution in [3.63, 3.8) is 0 Å². The van der Waals surface area contributed by atoms with E-state index in [4.69, 9.17) is 18.1 Å². The van der Waals surface area contributed by atoms with Gasteiger partial charge in [-0.3, -0.25) is 10.9 Å². The first-order chi connectivity index (χ1) is 12.1. The summed E-state index contributed by atoms with van der Waals surface area (Å²) in [5.74, 6) is 5.49. The summed E-state index contributed by atoms with van der Waals surface area (Å²) in [6.45, 7) is 0.847. The molecule has 0 heterocycles. The number of likely N-dealkylation sites (N-methyl/N-ethyl adjacent to an activating group) is 1. The molecule has 0 fully saturated rings. The summed E-state index contributed by atoms with van der Waals surface area (Å²) in [6, 6.07) is 20.7. The highest BCUT2D eigenvalue weighted by molar-refractivity contribution is 7.80. The second kappa shape index (κ2) is 9.88. The number of nitrogens with zero attached hydrogens (tertiary/aromatic N) is 2. The molecule has 132 valence electrons. The Labute approximate surface area is 154 Å². The van der Waals surface area contributed by atoms with Crippen LogP contribution in [0.3, 0.4) is 0 Å². The zero-order chi connectivity index (χ0) is 18.1. The van der Waals surface area contributed by atoms with E-state index < -0.39 is 0 Å². The molecule has 0 spiro atoms. The smallest absolute Gasteiger partial charge is 0.201 e. The number of nitrogens with two attached hydrogens (primary N) is 1. The first-order valence-corrected chi connectivity index (χ1v) is 8.57. The number of nitrogens with one attached hydrogen (secondary N) is 2. The Balaban J connectivity index is 2.36. The Morgan fingerprint density at radius 3 is 2.24 bits per heavy atom. The van der Waals surface area contributed by atoms with Gasteiger partial charge in [-0.15, -0.1) is 0 Å². The van der Waals surface area contributed by atoms with Crippen LogP contribution in [0.5, 0.6) is 0 Å². The van der Waals surface area contributed by atoms with Crippen molar-refractivity contribution in [1.29, 1.82) is 0 Å². The van der Waals surface area contributed by atoms with Crippen LogP contribution in [0.25, 0.3) is 0 Å². The van der Waals surface area contributed by atoms with Crippen molar-refractivity contribution in [2.45, 2.75) is 12.3 Å². The fraction of sp³-hybridized carbons (Fsp3) is 0.263. The fourth-order valence-corrected chi connectivity index (χ4v) is 2.70. The van der Waals surface area contributed by atoms with Crippen LogP contribution in [-0.4, -0.2) is 36.4 Å². The van der Waals surface area contributed by atoms with Gasteiger partial charge >= 0.3 is 0 Å². The van der Waals surface area contributed by atoms with Crippen LogP contribution in [0.2, 0.25) is 0 Å². The molecule has 0 aromatic heterocycles. The number of hydrazone groups is 1. The summed E-state index contributed by atoms with van der Waals surface area (Å²) in [4.78, 5) is 2.16. The zero-order valence-corrected chi connectivity index (χ0v) is 15.5. The van der Waals surface area contributed by atoms with Crippen molar-refractivity contribution in [1.82, 2.24) is 15.8 Å². The molecule has 0 saturated heterocycles. The minimum atomic E-state index is 0.143. The molecule has 2 aromatic rings. The van der Waals surface area contributed by atoms with Gasteiger partial charge in [0.25, 0.3) is 0 Å². The van der Waals surface area contributed by atoms with Crippen LogP contribution in [0.4, 0.5) is 0 Å². The number of hydrazine groups is 1. The van der Waals surface area contributed by atoms with Crippen molar-refractivity contribution in [2.75, 3.05) is 20.6 Å². The van der Waals surface area contributed by atoms with E-state index >= 15 is 0 Å². The molecular weight excluding hydrogens is 330 g/mol. The number of benzene rings is 2. The van der Waals surface area contributed by atoms with Crippen LogP contribution in [0.15, 0.2) is 65.8 Å². The fourth-order valence-electron chi connectivity index (χ4n) is 2.65. The maximum atomic E-state index is 5.35. The molecule has 4 N–H and O–H groups in total. The lowest BCUT2D eigenvalue weighted by Crippen LogP contribution is -2.38. The summed E-state index contributed by atoms with van der Waals surface area (Å²) in [7, 11) is 4.13. The first-order valence-electron chi connectivity index (χ1n) is 8.16. The molecule has 0 amide bonds. The summed E-state index contributed by atoms with van der Waals surface area (Å²) < 4.78 is 0. The monoisotopic (exact) mass is 355 g/mol. The third kappa shape index (κ3) is 6.26. The Morgan fingerprint density at radius 2 is 1.68 bits per heavy atom. The zero-order valence-electron chi connectivity index (χ0n) is 14.6. The molecule has 1 unspecified atom stereocenters. The van der Waals surface area contributed by atoms with Gasteiger partial charge in [-0.05, 0) is 37.4 Å². The summed E-state index contributed by atoms with van der Waals surface area (Å²) in [6.07, 6.45) is 0.731. The Kier molecular flexibility index (Phi) is 7.53. The predicted octanol–water partition coefficient (Wildman–Crippen LogP) is 2.27. The lowest BCUT2D eigenvalue weighted by Gasteiger charge is -2.24. The maximum Gasteiger partial charge on any atom is 0.201 e. The lowest BCUT2D eigenvalue weighted by atomic mass is 9.90. The maximum absolute atomic E-state index is 5.35. The molecule has 6 heteroatoms. The molecule has 25 heavy (non-hydrogen) atoms. The summed E-state index contributed by atoms with van der Waals surface area (Å²) >= 11 is 5.06. The van der Waals surface area contributed by atoms with Gasteiger partial charge in [0.15, 0.2) is 0 Å². The minimum Gasteiger partial charge on any atom is -0.308 e. The molecule has 5 nitrogen and oxygen atoms in total. The molecule has 2 rings (SSSR count). The molecule has 0 saturated carbocycles. The number of rotatable bonds is 7. The molecular formula is C19H25N5S. The highest BCUT2D eigenvalue weighted by atomic mass is 32.1. The Hall–Kier alpha value is -2.28. The number of thiocarbonyl (C=S) groups is 1. The van der Waals surface area contributed by atoms with Crippen LogP contribution >= 0.6 is 12.2 Å². The molecule has 1 atom stereocenters. The van der Waals surface area contributed by atoms with Crippen LogP contribution in [0, 0.1) is 0 Å². The van der Waals surface area contributed by atoms with E-state index in [1.807, 2.05) is 24.3 Å². The molecule has 2 aromatic carbocycles. The van der Waals surface area contributed by atoms with E-state index in [0.717, 1.165) is 18.7 Å². The van der Waals surface area contributed by atoms with Crippen molar-refractivity contribution in [3.8, 4) is 0 Å². The van der Waals surface area contributed by atoms with Crippen LogP contribution in [0.1, 0.15) is 17.0 Å². The van der Waals surface area contributed by atoms with Gasteiger partial charge in [-0.25, -0.2) is 5.84 Å². The van der Waals surface area contributed by atoms with E-state index in [-0.39, 0.29) is 5.92 Å². The van der Waals surface area contributed by atoms with Crippen molar-refractivity contribution >= 4 is 23.0 Å². The molecule has 0 radical (unpaired) electrons. The summed E-state index contributed by atoms with van der Waals surface area (Å²) in [5.41, 5.74) is 8.68. The quantitative estimate of drug-likeness (QED) is 0.308. The van der Waals surface area contributed by atoms with Crippen LogP contribution in [-0.2, 0) is 6.42 Å². The van der Waals surface area contributed by atoms with Crippen molar-refractivity contribution in [2.24, 2.45) is 10.9 Å². The van der Waals surface area contributed by atoms with Crippen molar-refractivity contribution in [3.05, 3.63) is 71.8 Å². The van der Waals surface area contributed by atoms with Gasteiger partial charge in [-0.1, -0.05) is 60.7 Å². The molecule has 0 aliphatic heterocycles. The van der Waals surface area contributed by atoms with Crippen LogP contribution < -0.4 is 16.7 Å². The number of hydrogen-bond donors (Lipinski definition) is 3. The topological polar surface area (TPSA) is 65.7 Å². The van der Waals surface area contributed by atoms with Gasteiger partial charge in [0, 0.05) is 18.9 Å².